The van der Waals surface area contributed by atoms with Crippen molar-refractivity contribution >= 4 is 34.1 Å². The molecule has 1 aromatic heterocycles. The highest BCUT2D eigenvalue weighted by Crippen LogP contribution is 2.24. The summed E-state index contributed by atoms with van der Waals surface area (Å²) in [5.74, 6) is -0.440. The molecule has 0 radical (unpaired) electrons. The number of thiol groups is 1. The first-order valence-electron chi connectivity index (χ1n) is 3.32. The third-order valence-corrected chi connectivity index (χ3v) is 3.75. The fourth-order valence-corrected chi connectivity index (χ4v) is 2.84. The molecule has 13 heavy (non-hydrogen) atoms. The lowest BCUT2D eigenvalue weighted by Crippen LogP contribution is -2.09. The average molecular weight is 240 g/mol. The molecule has 0 amide bonds. The van der Waals surface area contributed by atoms with Crippen molar-refractivity contribution in [3.05, 3.63) is 10.0 Å². The lowest BCUT2D eigenvalue weighted by atomic mass is 10.5. The van der Waals surface area contributed by atoms with Crippen LogP contribution in [0.25, 0.3) is 0 Å². The van der Waals surface area contributed by atoms with Gasteiger partial charge in [0, 0.05) is 0 Å². The summed E-state index contributed by atoms with van der Waals surface area (Å²) < 4.78 is 29.5. The van der Waals surface area contributed by atoms with Gasteiger partial charge in [0.25, 0.3) is 10.1 Å². The van der Waals surface area contributed by atoms with Gasteiger partial charge in [0.2, 0.25) is 0 Å². The molecule has 1 atom stereocenters. The SMILES string of the molecule is Cc1nnc(C(S)CS(=O)(=O)O)s1. The molecule has 5 nitrogen and oxygen atoms in total. The number of aryl methyl sites for hydroxylation is 1. The Morgan fingerprint density at radius 2 is 2.23 bits per heavy atom. The Labute approximate surface area is 85.4 Å². The number of hydrogen-bond donors (Lipinski definition) is 2. The zero-order chi connectivity index (χ0) is 10.1. The van der Waals surface area contributed by atoms with Crippen LogP contribution in [0.1, 0.15) is 15.3 Å². The minimum Gasteiger partial charge on any atom is -0.286 e. The van der Waals surface area contributed by atoms with Crippen molar-refractivity contribution in [2.75, 3.05) is 5.75 Å². The first kappa shape index (κ1) is 10.9. The maximum Gasteiger partial charge on any atom is 0.266 e. The quantitative estimate of drug-likeness (QED) is 0.600. The Bertz CT molecular complexity index is 385. The van der Waals surface area contributed by atoms with Gasteiger partial charge < -0.3 is 0 Å². The van der Waals surface area contributed by atoms with Crippen LogP contribution in [0.4, 0.5) is 0 Å². The molecular weight excluding hydrogens is 232 g/mol. The smallest absolute Gasteiger partial charge is 0.266 e. The largest absolute Gasteiger partial charge is 0.286 e. The van der Waals surface area contributed by atoms with E-state index in [0.29, 0.717) is 5.01 Å². The maximum atomic E-state index is 10.5. The predicted molar refractivity (Wildman–Crippen MR) is 52.8 cm³/mol. The van der Waals surface area contributed by atoms with E-state index in [1.807, 2.05) is 0 Å². The van der Waals surface area contributed by atoms with Crippen LogP contribution in [0.2, 0.25) is 0 Å². The second-order valence-electron chi connectivity index (χ2n) is 2.42. The highest BCUT2D eigenvalue weighted by atomic mass is 32.2. The lowest BCUT2D eigenvalue weighted by molar-refractivity contribution is 0.482. The van der Waals surface area contributed by atoms with Crippen LogP contribution >= 0.6 is 24.0 Å². The molecule has 0 saturated carbocycles. The summed E-state index contributed by atoms with van der Waals surface area (Å²) >= 11 is 5.26. The monoisotopic (exact) mass is 240 g/mol. The van der Waals surface area contributed by atoms with Crippen LogP contribution < -0.4 is 0 Å². The molecule has 1 unspecified atom stereocenters. The van der Waals surface area contributed by atoms with E-state index < -0.39 is 21.1 Å². The van der Waals surface area contributed by atoms with Crippen molar-refractivity contribution in [3.8, 4) is 0 Å². The summed E-state index contributed by atoms with van der Waals surface area (Å²) in [6, 6.07) is 0. The minimum absolute atomic E-state index is 0.440. The first-order valence-corrected chi connectivity index (χ1v) is 6.26. The molecular formula is C5H8N2O3S3. The number of rotatable bonds is 3. The average Bonchev–Trinajstić information content (AvgIpc) is 2.31. The van der Waals surface area contributed by atoms with E-state index in [1.165, 1.54) is 11.3 Å². The van der Waals surface area contributed by atoms with E-state index in [0.717, 1.165) is 5.01 Å². The maximum absolute atomic E-state index is 10.5. The Kier molecular flexibility index (Phi) is 3.28. The molecule has 1 heterocycles. The highest BCUT2D eigenvalue weighted by molar-refractivity contribution is 7.88. The van der Waals surface area contributed by atoms with E-state index in [1.54, 1.807) is 6.92 Å². The standard InChI is InChI=1S/C5H8N2O3S3/c1-3-6-7-5(12-3)4(11)2-13(8,9)10/h4,11H,2H2,1H3,(H,8,9,10). The fourth-order valence-electron chi connectivity index (χ4n) is 0.717. The molecule has 0 aliphatic carbocycles. The second-order valence-corrected chi connectivity index (χ2v) is 5.76. The van der Waals surface area contributed by atoms with Gasteiger partial charge >= 0.3 is 0 Å². The van der Waals surface area contributed by atoms with Crippen molar-refractivity contribution in [3.63, 3.8) is 0 Å². The molecule has 1 N–H and O–H groups in total. The molecule has 0 aliphatic heterocycles. The molecule has 1 rings (SSSR count). The zero-order valence-corrected chi connectivity index (χ0v) is 9.23. The van der Waals surface area contributed by atoms with Crippen molar-refractivity contribution < 1.29 is 13.0 Å². The molecule has 0 saturated heterocycles. The molecule has 0 fully saturated rings. The first-order chi connectivity index (χ1) is 5.88. The van der Waals surface area contributed by atoms with Gasteiger partial charge in [-0.15, -0.1) is 21.5 Å². The van der Waals surface area contributed by atoms with Gasteiger partial charge in [0.05, 0.1) is 11.0 Å². The minimum atomic E-state index is -4.00. The molecule has 0 aromatic carbocycles. The van der Waals surface area contributed by atoms with E-state index >= 15 is 0 Å². The van der Waals surface area contributed by atoms with Crippen molar-refractivity contribution in [2.45, 2.75) is 12.2 Å². The molecule has 8 heteroatoms. The van der Waals surface area contributed by atoms with Gasteiger partial charge in [-0.3, -0.25) is 4.55 Å². The molecule has 1 aromatic rings. The van der Waals surface area contributed by atoms with E-state index in [2.05, 4.69) is 22.8 Å². The second kappa shape index (κ2) is 3.91. The summed E-state index contributed by atoms with van der Waals surface area (Å²) in [6.45, 7) is 1.76. The van der Waals surface area contributed by atoms with Gasteiger partial charge in [0.15, 0.2) is 0 Å². The van der Waals surface area contributed by atoms with Gasteiger partial charge in [-0.2, -0.15) is 21.0 Å². The Morgan fingerprint density at radius 1 is 1.62 bits per heavy atom. The highest BCUT2D eigenvalue weighted by Gasteiger charge is 2.18. The summed E-state index contributed by atoms with van der Waals surface area (Å²) in [5, 5.41) is 8.06. The van der Waals surface area contributed by atoms with Gasteiger partial charge in [0.1, 0.15) is 10.0 Å². The zero-order valence-electron chi connectivity index (χ0n) is 6.71. The summed E-state index contributed by atoms with van der Waals surface area (Å²) in [7, 11) is -4.00. The third-order valence-electron chi connectivity index (χ3n) is 1.20. The summed E-state index contributed by atoms with van der Waals surface area (Å²) in [6.07, 6.45) is 0. The third kappa shape index (κ3) is 3.59. The topological polar surface area (TPSA) is 80.2 Å². The normalized spacial score (nSPS) is 14.4. The summed E-state index contributed by atoms with van der Waals surface area (Å²) in [4.78, 5) is 0. The molecule has 74 valence electrons. The van der Waals surface area contributed by atoms with Crippen LogP contribution in [-0.2, 0) is 10.1 Å². The van der Waals surface area contributed by atoms with Gasteiger partial charge in [-0.25, -0.2) is 0 Å². The van der Waals surface area contributed by atoms with E-state index in [9.17, 15) is 8.42 Å². The Hall–Kier alpha value is -0.180. The fraction of sp³-hybridized carbons (Fsp3) is 0.600. The van der Waals surface area contributed by atoms with Crippen LogP contribution in [0.15, 0.2) is 0 Å². The summed E-state index contributed by atoms with van der Waals surface area (Å²) in [5.41, 5.74) is 0. The predicted octanol–water partition coefficient (Wildman–Crippen LogP) is 0.705. The molecule has 0 spiro atoms. The van der Waals surface area contributed by atoms with Crippen molar-refractivity contribution in [2.24, 2.45) is 0 Å². The van der Waals surface area contributed by atoms with Crippen molar-refractivity contribution in [1.82, 2.24) is 10.2 Å². The van der Waals surface area contributed by atoms with E-state index in [4.69, 9.17) is 4.55 Å². The van der Waals surface area contributed by atoms with E-state index in [-0.39, 0.29) is 0 Å². The number of hydrogen-bond acceptors (Lipinski definition) is 6. The number of nitrogens with zero attached hydrogens (tertiary/aromatic N) is 2. The van der Waals surface area contributed by atoms with Crippen LogP contribution in [0.5, 0.6) is 0 Å². The Morgan fingerprint density at radius 3 is 2.62 bits per heavy atom. The van der Waals surface area contributed by atoms with Crippen LogP contribution in [-0.4, -0.2) is 28.9 Å². The Balaban J connectivity index is 2.75. The van der Waals surface area contributed by atoms with Crippen molar-refractivity contribution in [1.29, 1.82) is 0 Å². The molecule has 0 aliphatic rings. The molecule has 0 bridgehead atoms. The lowest BCUT2D eigenvalue weighted by Gasteiger charge is -2.02. The van der Waals surface area contributed by atoms with Gasteiger partial charge in [-0.1, -0.05) is 0 Å². The van der Waals surface area contributed by atoms with Gasteiger partial charge in [-0.05, 0) is 6.92 Å². The van der Waals surface area contributed by atoms with Crippen LogP contribution in [0, 0.1) is 6.92 Å². The number of aromatic nitrogens is 2. The van der Waals surface area contributed by atoms with Crippen LogP contribution in [0.3, 0.4) is 0 Å².